The lowest BCUT2D eigenvalue weighted by molar-refractivity contribution is -0.147. The molecule has 2 rings (SSSR count). The van der Waals surface area contributed by atoms with Crippen molar-refractivity contribution in [3.63, 3.8) is 0 Å². The Hall–Kier alpha value is -2.04. The molecule has 0 aliphatic heterocycles. The highest BCUT2D eigenvalue weighted by Gasteiger charge is 2.35. The molecule has 1 aromatic carbocycles. The van der Waals surface area contributed by atoms with Crippen LogP contribution in [0.5, 0.6) is 0 Å². The highest BCUT2D eigenvalue weighted by Crippen LogP contribution is 2.31. The fourth-order valence-corrected chi connectivity index (χ4v) is 2.82. The maximum Gasteiger partial charge on any atom is 0.307 e. The van der Waals surface area contributed by atoms with Crippen molar-refractivity contribution in [1.82, 2.24) is 0 Å². The van der Waals surface area contributed by atoms with Crippen LogP contribution in [0.25, 0.3) is 0 Å². The summed E-state index contributed by atoms with van der Waals surface area (Å²) in [5.41, 5.74) is 1.76. The van der Waals surface area contributed by atoms with E-state index in [-0.39, 0.29) is 5.91 Å². The van der Waals surface area contributed by atoms with E-state index in [9.17, 15) is 14.7 Å². The van der Waals surface area contributed by atoms with E-state index in [4.69, 9.17) is 0 Å². The van der Waals surface area contributed by atoms with Crippen LogP contribution in [-0.4, -0.2) is 31.1 Å². The maximum atomic E-state index is 12.3. The molecule has 5 heteroatoms. The third-order valence-corrected chi connectivity index (χ3v) is 4.07. The summed E-state index contributed by atoms with van der Waals surface area (Å²) >= 11 is 0. The molecule has 1 fully saturated rings. The van der Waals surface area contributed by atoms with Crippen LogP contribution in [0.4, 0.5) is 11.4 Å². The highest BCUT2D eigenvalue weighted by atomic mass is 16.4. The van der Waals surface area contributed by atoms with Gasteiger partial charge in [0.25, 0.3) is 0 Å². The molecule has 0 bridgehead atoms. The molecule has 2 N–H and O–H groups in total. The van der Waals surface area contributed by atoms with Crippen molar-refractivity contribution in [2.75, 3.05) is 24.3 Å². The number of carboxylic acids is 1. The van der Waals surface area contributed by atoms with Gasteiger partial charge in [-0.05, 0) is 37.1 Å². The number of anilines is 2. The van der Waals surface area contributed by atoms with Crippen molar-refractivity contribution in [1.29, 1.82) is 0 Å². The molecule has 1 aliphatic rings. The Labute approximate surface area is 125 Å². The van der Waals surface area contributed by atoms with Crippen LogP contribution in [-0.2, 0) is 9.59 Å². The number of hydrogen-bond acceptors (Lipinski definition) is 3. The number of amides is 1. The van der Waals surface area contributed by atoms with Gasteiger partial charge in [-0.25, -0.2) is 0 Å². The third kappa shape index (κ3) is 3.74. The van der Waals surface area contributed by atoms with Gasteiger partial charge in [-0.2, -0.15) is 0 Å². The van der Waals surface area contributed by atoms with E-state index in [1.165, 1.54) is 0 Å². The lowest BCUT2D eigenvalue weighted by Crippen LogP contribution is -2.36. The predicted octanol–water partition coefficient (Wildman–Crippen LogP) is 2.58. The number of carboxylic acid groups (broad SMARTS) is 1. The average molecular weight is 290 g/mol. The molecule has 2 atom stereocenters. The van der Waals surface area contributed by atoms with Gasteiger partial charge in [0.1, 0.15) is 0 Å². The topological polar surface area (TPSA) is 69.6 Å². The highest BCUT2D eigenvalue weighted by molar-refractivity contribution is 5.95. The maximum absolute atomic E-state index is 12.3. The molecule has 0 spiro atoms. The fourth-order valence-electron chi connectivity index (χ4n) is 2.82. The first-order valence-corrected chi connectivity index (χ1v) is 7.30. The Kier molecular flexibility index (Phi) is 4.83. The van der Waals surface area contributed by atoms with Crippen molar-refractivity contribution >= 4 is 23.3 Å². The number of hydrogen-bond donors (Lipinski definition) is 2. The lowest BCUT2D eigenvalue weighted by Gasteiger charge is -2.27. The van der Waals surface area contributed by atoms with E-state index >= 15 is 0 Å². The van der Waals surface area contributed by atoms with Crippen LogP contribution in [0.15, 0.2) is 24.3 Å². The van der Waals surface area contributed by atoms with E-state index in [0.717, 1.165) is 18.5 Å². The molecule has 1 saturated carbocycles. The molecular formula is C16H22N2O3. The second-order valence-corrected chi connectivity index (χ2v) is 5.77. The second-order valence-electron chi connectivity index (χ2n) is 5.77. The normalized spacial score (nSPS) is 21.6. The molecule has 0 unspecified atom stereocenters. The summed E-state index contributed by atoms with van der Waals surface area (Å²) in [5.74, 6) is -2.03. The van der Waals surface area contributed by atoms with Crippen molar-refractivity contribution < 1.29 is 14.7 Å². The molecule has 5 nitrogen and oxygen atoms in total. The Morgan fingerprint density at radius 3 is 2.19 bits per heavy atom. The molecule has 114 valence electrons. The Morgan fingerprint density at radius 2 is 1.67 bits per heavy atom. The van der Waals surface area contributed by atoms with Gasteiger partial charge in [-0.15, -0.1) is 0 Å². The van der Waals surface area contributed by atoms with Gasteiger partial charge in [-0.1, -0.05) is 12.8 Å². The quantitative estimate of drug-likeness (QED) is 0.894. The summed E-state index contributed by atoms with van der Waals surface area (Å²) in [6.45, 7) is 0. The predicted molar refractivity (Wildman–Crippen MR) is 82.5 cm³/mol. The molecule has 0 aromatic heterocycles. The molecule has 0 heterocycles. The molecular weight excluding hydrogens is 268 g/mol. The number of aliphatic carboxylic acids is 1. The minimum atomic E-state index is -0.863. The van der Waals surface area contributed by atoms with Gasteiger partial charge in [0, 0.05) is 25.5 Å². The number of carbonyl (C=O) groups excluding carboxylic acids is 1. The first kappa shape index (κ1) is 15.4. The summed E-state index contributed by atoms with van der Waals surface area (Å²) in [6, 6.07) is 7.52. The molecule has 1 aromatic rings. The van der Waals surface area contributed by atoms with Crippen molar-refractivity contribution in [3.8, 4) is 0 Å². The van der Waals surface area contributed by atoms with E-state index < -0.39 is 17.8 Å². The monoisotopic (exact) mass is 290 g/mol. The van der Waals surface area contributed by atoms with Gasteiger partial charge in [0.05, 0.1) is 11.8 Å². The minimum Gasteiger partial charge on any atom is -0.481 e. The minimum absolute atomic E-state index is 0.181. The standard InChI is InChI=1S/C16H22N2O3/c1-18(2)12-9-7-11(8-10-12)17-15(19)13-5-3-4-6-14(13)16(20)21/h7-10,13-14H,3-6H2,1-2H3,(H,17,19)(H,20,21)/t13-,14-/m0/s1. The largest absolute Gasteiger partial charge is 0.481 e. The van der Waals surface area contributed by atoms with Gasteiger partial charge >= 0.3 is 5.97 Å². The van der Waals surface area contributed by atoms with Crippen molar-refractivity contribution in [2.45, 2.75) is 25.7 Å². The Balaban J connectivity index is 2.04. The van der Waals surface area contributed by atoms with Crippen LogP contribution in [0.3, 0.4) is 0 Å². The first-order chi connectivity index (χ1) is 9.99. The number of benzene rings is 1. The molecule has 1 amide bonds. The van der Waals surface area contributed by atoms with E-state index in [1.807, 2.05) is 43.3 Å². The van der Waals surface area contributed by atoms with Crippen LogP contribution < -0.4 is 10.2 Å². The molecule has 0 saturated heterocycles. The zero-order valence-electron chi connectivity index (χ0n) is 12.5. The van der Waals surface area contributed by atoms with Crippen molar-refractivity contribution in [3.05, 3.63) is 24.3 Å². The second kappa shape index (κ2) is 6.61. The van der Waals surface area contributed by atoms with Gasteiger partial charge in [0.15, 0.2) is 0 Å². The van der Waals surface area contributed by atoms with E-state index in [1.54, 1.807) is 0 Å². The van der Waals surface area contributed by atoms with Gasteiger partial charge in [0.2, 0.25) is 5.91 Å². The van der Waals surface area contributed by atoms with Crippen molar-refractivity contribution in [2.24, 2.45) is 11.8 Å². The molecule has 1 aliphatic carbocycles. The number of rotatable bonds is 4. The van der Waals surface area contributed by atoms with Gasteiger partial charge < -0.3 is 15.3 Å². The smallest absolute Gasteiger partial charge is 0.307 e. The Bertz CT molecular complexity index is 511. The summed E-state index contributed by atoms with van der Waals surface area (Å²) in [4.78, 5) is 25.6. The van der Waals surface area contributed by atoms with E-state index in [2.05, 4.69) is 5.32 Å². The van der Waals surface area contributed by atoms with Crippen LogP contribution in [0.1, 0.15) is 25.7 Å². The summed E-state index contributed by atoms with van der Waals surface area (Å²) in [7, 11) is 3.90. The molecule has 21 heavy (non-hydrogen) atoms. The summed E-state index contributed by atoms with van der Waals surface area (Å²) in [5, 5.41) is 12.1. The van der Waals surface area contributed by atoms with E-state index in [0.29, 0.717) is 18.5 Å². The van der Waals surface area contributed by atoms with Crippen LogP contribution in [0, 0.1) is 11.8 Å². The first-order valence-electron chi connectivity index (χ1n) is 7.30. The summed E-state index contributed by atoms with van der Waals surface area (Å²) in [6.07, 6.45) is 3.05. The zero-order valence-corrected chi connectivity index (χ0v) is 12.5. The average Bonchev–Trinajstić information content (AvgIpc) is 2.47. The number of nitrogens with zero attached hydrogens (tertiary/aromatic N) is 1. The fraction of sp³-hybridized carbons (Fsp3) is 0.500. The lowest BCUT2D eigenvalue weighted by atomic mass is 9.78. The number of nitrogens with one attached hydrogen (secondary N) is 1. The third-order valence-electron chi connectivity index (χ3n) is 4.07. The SMILES string of the molecule is CN(C)c1ccc(NC(=O)[C@H]2CCCC[C@@H]2C(=O)O)cc1. The summed E-state index contributed by atoms with van der Waals surface area (Å²) < 4.78 is 0. The van der Waals surface area contributed by atoms with Crippen LogP contribution in [0.2, 0.25) is 0 Å². The number of carbonyl (C=O) groups is 2. The zero-order chi connectivity index (χ0) is 15.4. The molecule has 0 radical (unpaired) electrons. The van der Waals surface area contributed by atoms with Gasteiger partial charge in [-0.3, -0.25) is 9.59 Å². The van der Waals surface area contributed by atoms with Crippen LogP contribution >= 0.6 is 0 Å². The Morgan fingerprint density at radius 1 is 1.10 bits per heavy atom.